The fourth-order valence-electron chi connectivity index (χ4n) is 2.91. The van der Waals surface area contributed by atoms with Gasteiger partial charge in [0.05, 0.1) is 5.56 Å². The molecule has 1 aliphatic rings. The summed E-state index contributed by atoms with van der Waals surface area (Å²) in [5, 5.41) is 0. The molecule has 2 aromatic rings. The van der Waals surface area contributed by atoms with Crippen molar-refractivity contribution in [1.29, 1.82) is 0 Å². The van der Waals surface area contributed by atoms with E-state index >= 15 is 0 Å². The van der Waals surface area contributed by atoms with E-state index in [1.807, 2.05) is 24.0 Å². The fraction of sp³-hybridized carbons (Fsp3) is 0.368. The molecule has 0 atom stereocenters. The Morgan fingerprint density at radius 3 is 2.43 bits per heavy atom. The highest BCUT2D eigenvalue weighted by atomic mass is 16.2. The number of hydrogen-bond acceptors (Lipinski definition) is 3. The van der Waals surface area contributed by atoms with E-state index in [-0.39, 0.29) is 5.91 Å². The Bertz CT molecular complexity index is 673. The number of amides is 1. The third kappa shape index (κ3) is 3.77. The molecule has 23 heavy (non-hydrogen) atoms. The number of nitrogens with zero attached hydrogens (tertiary/aromatic N) is 3. The van der Waals surface area contributed by atoms with Crippen molar-refractivity contribution in [3.05, 3.63) is 65.0 Å². The number of piperazine rings is 1. The zero-order valence-electron chi connectivity index (χ0n) is 13.8. The van der Waals surface area contributed by atoms with Crippen LogP contribution in [0.15, 0.2) is 42.6 Å². The number of aryl methyl sites for hydroxylation is 2. The van der Waals surface area contributed by atoms with Crippen LogP contribution in [0, 0.1) is 13.8 Å². The number of aromatic nitrogens is 1. The summed E-state index contributed by atoms with van der Waals surface area (Å²) < 4.78 is 0. The van der Waals surface area contributed by atoms with Crippen molar-refractivity contribution < 1.29 is 4.79 Å². The molecule has 0 radical (unpaired) electrons. The van der Waals surface area contributed by atoms with Crippen LogP contribution in [0.1, 0.15) is 27.2 Å². The summed E-state index contributed by atoms with van der Waals surface area (Å²) in [6.07, 6.45) is 1.68. The number of carbonyl (C=O) groups is 1. The third-order valence-electron chi connectivity index (χ3n) is 4.47. The first-order chi connectivity index (χ1) is 11.1. The van der Waals surface area contributed by atoms with Gasteiger partial charge in [0.15, 0.2) is 0 Å². The van der Waals surface area contributed by atoms with Crippen molar-refractivity contribution in [1.82, 2.24) is 14.8 Å². The van der Waals surface area contributed by atoms with Crippen LogP contribution in [0.2, 0.25) is 0 Å². The molecule has 120 valence electrons. The van der Waals surface area contributed by atoms with Crippen LogP contribution >= 0.6 is 0 Å². The smallest absolute Gasteiger partial charge is 0.255 e. The molecule has 2 heterocycles. The Morgan fingerprint density at radius 1 is 1.04 bits per heavy atom. The number of hydrogen-bond donors (Lipinski definition) is 0. The van der Waals surface area contributed by atoms with E-state index in [2.05, 4.69) is 41.1 Å². The lowest BCUT2D eigenvalue weighted by Gasteiger charge is -2.35. The summed E-state index contributed by atoms with van der Waals surface area (Å²) >= 11 is 0. The van der Waals surface area contributed by atoms with Crippen molar-refractivity contribution in [2.24, 2.45) is 0 Å². The SMILES string of the molecule is Cc1ccc(C(=O)N2CCN(Cc3ccccc3C)CC2)cn1. The van der Waals surface area contributed by atoms with Crippen molar-refractivity contribution in [2.45, 2.75) is 20.4 Å². The van der Waals surface area contributed by atoms with Gasteiger partial charge in [-0.05, 0) is 37.1 Å². The Labute approximate surface area is 137 Å². The van der Waals surface area contributed by atoms with Crippen molar-refractivity contribution in [3.8, 4) is 0 Å². The Kier molecular flexibility index (Phi) is 4.72. The maximum absolute atomic E-state index is 12.5. The van der Waals surface area contributed by atoms with Crippen LogP contribution in [0.5, 0.6) is 0 Å². The minimum atomic E-state index is 0.0908. The predicted octanol–water partition coefficient (Wildman–Crippen LogP) is 2.66. The van der Waals surface area contributed by atoms with Gasteiger partial charge in [-0.15, -0.1) is 0 Å². The van der Waals surface area contributed by atoms with Crippen LogP contribution in [-0.4, -0.2) is 46.9 Å². The molecule has 0 aliphatic carbocycles. The summed E-state index contributed by atoms with van der Waals surface area (Å²) in [5.74, 6) is 0.0908. The van der Waals surface area contributed by atoms with Crippen LogP contribution in [0.3, 0.4) is 0 Å². The van der Waals surface area contributed by atoms with Gasteiger partial charge in [-0.25, -0.2) is 0 Å². The summed E-state index contributed by atoms with van der Waals surface area (Å²) in [6, 6.07) is 12.3. The molecule has 1 aromatic carbocycles. The zero-order chi connectivity index (χ0) is 16.2. The third-order valence-corrected chi connectivity index (χ3v) is 4.47. The average Bonchev–Trinajstić information content (AvgIpc) is 2.58. The quantitative estimate of drug-likeness (QED) is 0.874. The molecule has 1 aliphatic heterocycles. The van der Waals surface area contributed by atoms with Gasteiger partial charge in [0.25, 0.3) is 5.91 Å². The maximum atomic E-state index is 12.5. The second kappa shape index (κ2) is 6.92. The lowest BCUT2D eigenvalue weighted by molar-refractivity contribution is 0.0628. The first-order valence-electron chi connectivity index (χ1n) is 8.12. The molecule has 4 nitrogen and oxygen atoms in total. The number of carbonyl (C=O) groups excluding carboxylic acids is 1. The molecule has 0 unspecified atom stereocenters. The summed E-state index contributed by atoms with van der Waals surface area (Å²) in [4.78, 5) is 21.1. The Morgan fingerprint density at radius 2 is 1.78 bits per heavy atom. The standard InChI is InChI=1S/C19H23N3O/c1-15-5-3-4-6-18(15)14-21-9-11-22(12-10-21)19(23)17-8-7-16(2)20-13-17/h3-8,13H,9-12,14H2,1-2H3. The van der Waals surface area contributed by atoms with Gasteiger partial charge in [0, 0.05) is 44.6 Å². The van der Waals surface area contributed by atoms with E-state index in [0.29, 0.717) is 5.56 Å². The summed E-state index contributed by atoms with van der Waals surface area (Å²) in [7, 11) is 0. The van der Waals surface area contributed by atoms with Crippen molar-refractivity contribution in [2.75, 3.05) is 26.2 Å². The van der Waals surface area contributed by atoms with Gasteiger partial charge in [-0.3, -0.25) is 14.7 Å². The molecule has 0 spiro atoms. The normalized spacial score (nSPS) is 15.7. The van der Waals surface area contributed by atoms with Gasteiger partial charge in [-0.2, -0.15) is 0 Å². The van der Waals surface area contributed by atoms with E-state index in [1.165, 1.54) is 11.1 Å². The van der Waals surface area contributed by atoms with Crippen LogP contribution in [0.4, 0.5) is 0 Å². The molecule has 1 aromatic heterocycles. The summed E-state index contributed by atoms with van der Waals surface area (Å²) in [6.45, 7) is 8.43. The van der Waals surface area contributed by atoms with E-state index in [9.17, 15) is 4.79 Å². The molecule has 1 amide bonds. The topological polar surface area (TPSA) is 36.4 Å². The summed E-state index contributed by atoms with van der Waals surface area (Å²) in [5.41, 5.74) is 4.32. The van der Waals surface area contributed by atoms with Gasteiger partial charge >= 0.3 is 0 Å². The lowest BCUT2D eigenvalue weighted by atomic mass is 10.1. The van der Waals surface area contributed by atoms with Crippen LogP contribution in [-0.2, 0) is 6.54 Å². The van der Waals surface area contributed by atoms with Gasteiger partial charge in [-0.1, -0.05) is 24.3 Å². The zero-order valence-corrected chi connectivity index (χ0v) is 13.8. The molecule has 3 rings (SSSR count). The second-order valence-electron chi connectivity index (χ2n) is 6.18. The Balaban J connectivity index is 1.57. The van der Waals surface area contributed by atoms with E-state index in [1.54, 1.807) is 6.20 Å². The second-order valence-corrected chi connectivity index (χ2v) is 6.18. The largest absolute Gasteiger partial charge is 0.336 e. The molecule has 1 saturated heterocycles. The Hall–Kier alpha value is -2.20. The van der Waals surface area contributed by atoms with E-state index in [4.69, 9.17) is 0 Å². The van der Waals surface area contributed by atoms with E-state index in [0.717, 1.165) is 38.4 Å². The van der Waals surface area contributed by atoms with Crippen molar-refractivity contribution in [3.63, 3.8) is 0 Å². The number of pyridine rings is 1. The monoisotopic (exact) mass is 309 g/mol. The molecule has 0 saturated carbocycles. The average molecular weight is 309 g/mol. The minimum absolute atomic E-state index is 0.0908. The predicted molar refractivity (Wildman–Crippen MR) is 91.3 cm³/mol. The minimum Gasteiger partial charge on any atom is -0.336 e. The number of rotatable bonds is 3. The maximum Gasteiger partial charge on any atom is 0.255 e. The molecular weight excluding hydrogens is 286 g/mol. The van der Waals surface area contributed by atoms with Gasteiger partial charge in [0.1, 0.15) is 0 Å². The van der Waals surface area contributed by atoms with Gasteiger partial charge < -0.3 is 4.90 Å². The number of benzene rings is 1. The highest BCUT2D eigenvalue weighted by Gasteiger charge is 2.22. The van der Waals surface area contributed by atoms with Crippen LogP contribution < -0.4 is 0 Å². The lowest BCUT2D eigenvalue weighted by Crippen LogP contribution is -2.48. The van der Waals surface area contributed by atoms with Crippen molar-refractivity contribution >= 4 is 5.91 Å². The first-order valence-corrected chi connectivity index (χ1v) is 8.12. The fourth-order valence-corrected chi connectivity index (χ4v) is 2.91. The molecule has 0 N–H and O–H groups in total. The molecule has 4 heteroatoms. The highest BCUT2D eigenvalue weighted by Crippen LogP contribution is 2.14. The first kappa shape index (κ1) is 15.7. The molecular formula is C19H23N3O. The van der Waals surface area contributed by atoms with Crippen LogP contribution in [0.25, 0.3) is 0 Å². The van der Waals surface area contributed by atoms with E-state index < -0.39 is 0 Å². The molecule has 1 fully saturated rings. The highest BCUT2D eigenvalue weighted by molar-refractivity contribution is 5.94. The van der Waals surface area contributed by atoms with Gasteiger partial charge in [0.2, 0.25) is 0 Å². The molecule has 0 bridgehead atoms.